The van der Waals surface area contributed by atoms with Gasteiger partial charge in [-0.15, -0.1) is 0 Å². The molecule has 2 N–H and O–H groups in total. The van der Waals surface area contributed by atoms with Gasteiger partial charge in [0.1, 0.15) is 35.7 Å². The third kappa shape index (κ3) is 4.31. The second-order valence-electron chi connectivity index (χ2n) is 7.52. The Morgan fingerprint density at radius 3 is 2.50 bits per heavy atom. The highest BCUT2D eigenvalue weighted by atomic mass is 16.5. The van der Waals surface area contributed by atoms with Gasteiger partial charge in [-0.25, -0.2) is 0 Å². The van der Waals surface area contributed by atoms with E-state index in [1.807, 2.05) is 14.1 Å². The number of aliphatic hydroxyl groups is 1. The third-order valence-corrected chi connectivity index (χ3v) is 4.92. The van der Waals surface area contributed by atoms with Crippen LogP contribution in [-0.4, -0.2) is 55.5 Å². The zero-order valence-electron chi connectivity index (χ0n) is 17.5. The predicted octanol–water partition coefficient (Wildman–Crippen LogP) is 1.72. The van der Waals surface area contributed by atoms with E-state index >= 15 is 0 Å². The lowest BCUT2D eigenvalue weighted by atomic mass is 9.99. The predicted molar refractivity (Wildman–Crippen MR) is 112 cm³/mol. The Labute approximate surface area is 175 Å². The second kappa shape index (κ2) is 9.00. The summed E-state index contributed by atoms with van der Waals surface area (Å²) in [5, 5.41) is 11.0. The number of nitrogens with zero attached hydrogens (tertiary/aromatic N) is 1. The zero-order valence-corrected chi connectivity index (χ0v) is 17.5. The minimum absolute atomic E-state index is 0.0304. The highest BCUT2D eigenvalue weighted by Gasteiger charge is 2.47. The number of hydrogen-bond acceptors (Lipinski definition) is 5. The van der Waals surface area contributed by atoms with E-state index in [4.69, 9.17) is 9.15 Å². The van der Waals surface area contributed by atoms with Gasteiger partial charge in [-0.3, -0.25) is 9.59 Å². The number of amides is 1. The van der Waals surface area contributed by atoms with E-state index in [-0.39, 0.29) is 11.3 Å². The fourth-order valence-electron chi connectivity index (χ4n) is 3.37. The maximum absolute atomic E-state index is 12.9. The Morgan fingerprint density at radius 2 is 1.93 bits per heavy atom. The fourth-order valence-corrected chi connectivity index (χ4v) is 3.37. The molecule has 1 saturated heterocycles. The van der Waals surface area contributed by atoms with Crippen LogP contribution in [-0.2, 0) is 9.59 Å². The first-order valence-corrected chi connectivity index (χ1v) is 9.81. The van der Waals surface area contributed by atoms with Gasteiger partial charge in [-0.05, 0) is 43.3 Å². The van der Waals surface area contributed by atoms with Crippen molar-refractivity contribution < 1.29 is 28.7 Å². The summed E-state index contributed by atoms with van der Waals surface area (Å²) in [5.74, 6) is 0.141. The number of nitrogens with one attached hydrogen (secondary N) is 1. The van der Waals surface area contributed by atoms with E-state index in [2.05, 4.69) is 6.58 Å². The van der Waals surface area contributed by atoms with E-state index in [0.717, 1.165) is 4.90 Å². The minimum Gasteiger partial charge on any atom is -0.507 e. The van der Waals surface area contributed by atoms with E-state index in [1.165, 1.54) is 4.90 Å². The number of likely N-dealkylation sites (N-methyl/N-ethyl adjacent to an activating group) is 1. The summed E-state index contributed by atoms with van der Waals surface area (Å²) < 4.78 is 11.2. The largest absolute Gasteiger partial charge is 0.507 e. The molecule has 0 radical (unpaired) electrons. The monoisotopic (exact) mass is 411 g/mol. The summed E-state index contributed by atoms with van der Waals surface area (Å²) in [7, 11) is 3.94. The van der Waals surface area contributed by atoms with Crippen LogP contribution in [0.25, 0.3) is 5.76 Å². The van der Waals surface area contributed by atoms with E-state index in [1.54, 1.807) is 49.4 Å². The molecule has 0 aliphatic carbocycles. The van der Waals surface area contributed by atoms with Crippen molar-refractivity contribution in [1.82, 2.24) is 4.90 Å². The molecule has 158 valence electrons. The van der Waals surface area contributed by atoms with Crippen molar-refractivity contribution in [3.63, 3.8) is 0 Å². The molecule has 2 aromatic rings. The Hall–Kier alpha value is -3.32. The number of aliphatic hydroxyl groups excluding tert-OH is 1. The number of hydrogen-bond donors (Lipinski definition) is 2. The summed E-state index contributed by atoms with van der Waals surface area (Å²) in [6.07, 6.45) is 1.64. The molecule has 7 heteroatoms. The number of carbonyl (C=O) groups is 2. The van der Waals surface area contributed by atoms with E-state index in [9.17, 15) is 14.7 Å². The van der Waals surface area contributed by atoms with E-state index in [0.29, 0.717) is 42.5 Å². The van der Waals surface area contributed by atoms with Crippen molar-refractivity contribution in [2.45, 2.75) is 13.0 Å². The molecule has 0 bridgehead atoms. The zero-order chi connectivity index (χ0) is 21.8. The molecule has 1 amide bonds. The SMILES string of the molecule is C=CCOc1ccc(C(O)=C2C(=O)C(=O)N(CC[NH+](C)C)[C@@H]2c2ccc(C)o2)cc1. The molecule has 30 heavy (non-hydrogen) atoms. The molecule has 0 saturated carbocycles. The topological polar surface area (TPSA) is 84.4 Å². The van der Waals surface area contributed by atoms with Crippen LogP contribution >= 0.6 is 0 Å². The van der Waals surface area contributed by atoms with Gasteiger partial charge in [0.2, 0.25) is 0 Å². The van der Waals surface area contributed by atoms with Crippen molar-refractivity contribution in [3.05, 3.63) is 71.7 Å². The minimum atomic E-state index is -0.769. The number of ether oxygens (including phenoxy) is 1. The number of quaternary nitrogens is 1. The number of carbonyl (C=O) groups excluding carboxylic acids is 2. The number of likely N-dealkylation sites (tertiary alicyclic amines) is 1. The molecule has 3 rings (SSSR count). The van der Waals surface area contributed by atoms with Crippen LogP contribution in [0.5, 0.6) is 5.75 Å². The second-order valence-corrected chi connectivity index (χ2v) is 7.52. The number of benzene rings is 1. The van der Waals surface area contributed by atoms with Gasteiger partial charge >= 0.3 is 0 Å². The molecular formula is C23H27N2O5+. The molecular weight excluding hydrogens is 384 g/mol. The van der Waals surface area contributed by atoms with Crippen LogP contribution in [0.4, 0.5) is 0 Å². The van der Waals surface area contributed by atoms with Crippen molar-refractivity contribution in [2.24, 2.45) is 0 Å². The molecule has 0 spiro atoms. The first kappa shape index (κ1) is 21.4. The average Bonchev–Trinajstić information content (AvgIpc) is 3.26. The van der Waals surface area contributed by atoms with Gasteiger partial charge in [0.25, 0.3) is 11.7 Å². The quantitative estimate of drug-likeness (QED) is 0.299. The lowest BCUT2D eigenvalue weighted by Gasteiger charge is -2.23. The Morgan fingerprint density at radius 1 is 1.23 bits per heavy atom. The molecule has 1 aromatic carbocycles. The van der Waals surface area contributed by atoms with Gasteiger partial charge in [0.05, 0.1) is 32.8 Å². The van der Waals surface area contributed by atoms with Crippen LogP contribution in [0.3, 0.4) is 0 Å². The molecule has 1 aliphatic rings. The van der Waals surface area contributed by atoms with Gasteiger partial charge in [-0.2, -0.15) is 0 Å². The van der Waals surface area contributed by atoms with Crippen LogP contribution in [0.1, 0.15) is 23.1 Å². The van der Waals surface area contributed by atoms with E-state index < -0.39 is 17.7 Å². The Balaban J connectivity index is 2.03. The number of rotatable bonds is 8. The van der Waals surface area contributed by atoms with Gasteiger partial charge in [0.15, 0.2) is 0 Å². The number of furan rings is 1. The first-order chi connectivity index (χ1) is 14.3. The molecule has 1 fully saturated rings. The Kier molecular flexibility index (Phi) is 6.42. The van der Waals surface area contributed by atoms with Gasteiger partial charge in [-0.1, -0.05) is 12.7 Å². The Bertz CT molecular complexity index is 972. The maximum atomic E-state index is 12.9. The summed E-state index contributed by atoms with van der Waals surface area (Å²) >= 11 is 0. The number of Topliss-reactive ketones (excluding diaryl/α,β-unsaturated/α-hetero) is 1. The van der Waals surface area contributed by atoms with Crippen molar-refractivity contribution in [2.75, 3.05) is 33.8 Å². The van der Waals surface area contributed by atoms with Gasteiger partial charge in [0, 0.05) is 5.56 Å². The smallest absolute Gasteiger partial charge is 0.295 e. The molecule has 1 aliphatic heterocycles. The van der Waals surface area contributed by atoms with Crippen LogP contribution < -0.4 is 9.64 Å². The number of aryl methyl sites for hydroxylation is 1. The van der Waals surface area contributed by atoms with Crippen molar-refractivity contribution in [3.8, 4) is 5.75 Å². The van der Waals surface area contributed by atoms with Crippen LogP contribution in [0, 0.1) is 6.92 Å². The highest BCUT2D eigenvalue weighted by Crippen LogP contribution is 2.39. The lowest BCUT2D eigenvalue weighted by molar-refractivity contribution is -0.857. The molecule has 7 nitrogen and oxygen atoms in total. The standard InChI is InChI=1S/C23H26N2O5/c1-5-14-29-17-9-7-16(8-10-17)21(26)19-20(18-11-6-15(2)30-18)25(13-12-24(3)4)23(28)22(19)27/h5-11,20,26H,1,12-14H2,2-4H3/p+1/t20-/m1/s1. The average molecular weight is 411 g/mol. The van der Waals surface area contributed by atoms with Crippen molar-refractivity contribution in [1.29, 1.82) is 0 Å². The summed E-state index contributed by atoms with van der Waals surface area (Å²) in [4.78, 5) is 28.3. The third-order valence-electron chi connectivity index (χ3n) is 4.92. The first-order valence-electron chi connectivity index (χ1n) is 9.81. The fraction of sp³-hybridized carbons (Fsp3) is 0.304. The maximum Gasteiger partial charge on any atom is 0.295 e. The summed E-state index contributed by atoms with van der Waals surface area (Å²) in [5.41, 5.74) is 0.452. The molecule has 1 atom stereocenters. The van der Waals surface area contributed by atoms with Gasteiger partial charge < -0.3 is 24.1 Å². The number of ketones is 1. The highest BCUT2D eigenvalue weighted by molar-refractivity contribution is 6.46. The molecule has 1 aromatic heterocycles. The van der Waals surface area contributed by atoms with Crippen molar-refractivity contribution >= 4 is 17.4 Å². The summed E-state index contributed by atoms with van der Waals surface area (Å²) in [6, 6.07) is 9.42. The summed E-state index contributed by atoms with van der Waals surface area (Å²) in [6.45, 7) is 6.78. The van der Waals surface area contributed by atoms with Crippen LogP contribution in [0.2, 0.25) is 0 Å². The molecule has 0 unspecified atom stereocenters. The normalized spacial score (nSPS) is 18.3. The lowest BCUT2D eigenvalue weighted by Crippen LogP contribution is -3.06. The van der Waals surface area contributed by atoms with Crippen LogP contribution in [0.15, 0.2) is 59.0 Å². The molecule has 2 heterocycles.